The molecule has 0 fully saturated rings. The lowest BCUT2D eigenvalue weighted by molar-refractivity contribution is -0.384. The predicted octanol–water partition coefficient (Wildman–Crippen LogP) is 2.86. The van der Waals surface area contributed by atoms with Gasteiger partial charge in [-0.1, -0.05) is 0 Å². The molecule has 0 amide bonds. The summed E-state index contributed by atoms with van der Waals surface area (Å²) in [6.45, 7) is 2.49. The van der Waals surface area contributed by atoms with E-state index >= 15 is 0 Å². The Bertz CT molecular complexity index is 511. The highest BCUT2D eigenvalue weighted by molar-refractivity contribution is 7.07. The van der Waals surface area contributed by atoms with Gasteiger partial charge in [-0.05, 0) is 34.5 Å². The van der Waals surface area contributed by atoms with Crippen LogP contribution >= 0.6 is 11.3 Å². The fourth-order valence-electron chi connectivity index (χ4n) is 1.62. The van der Waals surface area contributed by atoms with Gasteiger partial charge in [-0.15, -0.1) is 0 Å². The minimum Gasteiger partial charge on any atom is -0.384 e. The third-order valence-electron chi connectivity index (χ3n) is 2.62. The van der Waals surface area contributed by atoms with Crippen molar-refractivity contribution in [3.8, 4) is 0 Å². The van der Waals surface area contributed by atoms with Crippen molar-refractivity contribution in [2.24, 2.45) is 0 Å². The number of thiophene rings is 1. The van der Waals surface area contributed by atoms with E-state index in [1.165, 1.54) is 17.7 Å². The van der Waals surface area contributed by atoms with Gasteiger partial charge in [-0.25, -0.2) is 0 Å². The molecule has 0 aliphatic carbocycles. The van der Waals surface area contributed by atoms with Crippen LogP contribution in [0.15, 0.2) is 41.1 Å². The number of nitrogens with zero attached hydrogens (tertiary/aromatic N) is 1. The number of hydrogen-bond donors (Lipinski definition) is 2. The van der Waals surface area contributed by atoms with Crippen LogP contribution < -0.4 is 10.6 Å². The summed E-state index contributed by atoms with van der Waals surface area (Å²) >= 11 is 1.69. The highest BCUT2D eigenvalue weighted by Gasteiger charge is 2.02. The molecule has 0 bridgehead atoms. The van der Waals surface area contributed by atoms with Gasteiger partial charge in [0.25, 0.3) is 5.69 Å². The SMILES string of the molecule is O=[N+]([O-])c1ccc(NCCNCc2ccsc2)cc1. The van der Waals surface area contributed by atoms with Crippen LogP contribution in [0.5, 0.6) is 0 Å². The number of nitrogens with one attached hydrogen (secondary N) is 2. The maximum atomic E-state index is 10.5. The molecule has 100 valence electrons. The van der Waals surface area contributed by atoms with Gasteiger partial charge in [-0.2, -0.15) is 11.3 Å². The first-order valence-corrected chi connectivity index (χ1v) is 6.90. The monoisotopic (exact) mass is 277 g/mol. The van der Waals surface area contributed by atoms with Crippen molar-refractivity contribution < 1.29 is 4.92 Å². The Morgan fingerprint density at radius 1 is 1.16 bits per heavy atom. The Morgan fingerprint density at radius 3 is 2.58 bits per heavy atom. The first-order valence-electron chi connectivity index (χ1n) is 5.96. The van der Waals surface area contributed by atoms with Crippen molar-refractivity contribution in [1.29, 1.82) is 0 Å². The number of hydrogen-bond acceptors (Lipinski definition) is 5. The molecule has 2 rings (SSSR count). The van der Waals surface area contributed by atoms with Gasteiger partial charge in [0, 0.05) is 37.5 Å². The zero-order valence-electron chi connectivity index (χ0n) is 10.3. The van der Waals surface area contributed by atoms with Gasteiger partial charge in [0.1, 0.15) is 0 Å². The van der Waals surface area contributed by atoms with E-state index in [0.29, 0.717) is 0 Å². The lowest BCUT2D eigenvalue weighted by Gasteiger charge is -2.07. The summed E-state index contributed by atoms with van der Waals surface area (Å²) in [5.41, 5.74) is 2.30. The Morgan fingerprint density at radius 2 is 1.95 bits per heavy atom. The molecule has 5 nitrogen and oxygen atoms in total. The second kappa shape index (κ2) is 6.86. The molecule has 0 aliphatic heterocycles. The molecule has 0 unspecified atom stereocenters. The van der Waals surface area contributed by atoms with Crippen LogP contribution in [-0.2, 0) is 6.54 Å². The normalized spacial score (nSPS) is 10.3. The highest BCUT2D eigenvalue weighted by Crippen LogP contribution is 2.14. The summed E-state index contributed by atoms with van der Waals surface area (Å²) in [7, 11) is 0. The average molecular weight is 277 g/mol. The Labute approximate surface area is 115 Å². The van der Waals surface area contributed by atoms with Crippen LogP contribution in [0, 0.1) is 10.1 Å². The lowest BCUT2D eigenvalue weighted by Crippen LogP contribution is -2.21. The van der Waals surface area contributed by atoms with E-state index in [2.05, 4.69) is 27.5 Å². The quantitative estimate of drug-likeness (QED) is 0.464. The molecule has 0 spiro atoms. The van der Waals surface area contributed by atoms with Crippen molar-refractivity contribution >= 4 is 22.7 Å². The van der Waals surface area contributed by atoms with Crippen molar-refractivity contribution in [1.82, 2.24) is 5.32 Å². The van der Waals surface area contributed by atoms with Gasteiger partial charge in [0.2, 0.25) is 0 Å². The van der Waals surface area contributed by atoms with E-state index in [0.717, 1.165) is 25.3 Å². The van der Waals surface area contributed by atoms with E-state index in [-0.39, 0.29) is 5.69 Å². The Kier molecular flexibility index (Phi) is 4.88. The summed E-state index contributed by atoms with van der Waals surface area (Å²) < 4.78 is 0. The molecular formula is C13H15N3O2S. The summed E-state index contributed by atoms with van der Waals surface area (Å²) in [4.78, 5) is 10.1. The number of non-ortho nitro benzene ring substituents is 1. The van der Waals surface area contributed by atoms with E-state index < -0.39 is 4.92 Å². The average Bonchev–Trinajstić information content (AvgIpc) is 2.92. The summed E-state index contributed by atoms with van der Waals surface area (Å²) in [6, 6.07) is 8.54. The van der Waals surface area contributed by atoms with Crippen molar-refractivity contribution in [2.45, 2.75) is 6.54 Å². The summed E-state index contributed by atoms with van der Waals surface area (Å²) in [5.74, 6) is 0. The molecule has 0 radical (unpaired) electrons. The van der Waals surface area contributed by atoms with Crippen LogP contribution in [0.2, 0.25) is 0 Å². The molecule has 1 aromatic heterocycles. The molecule has 2 N–H and O–H groups in total. The van der Waals surface area contributed by atoms with Crippen molar-refractivity contribution in [3.63, 3.8) is 0 Å². The zero-order valence-corrected chi connectivity index (χ0v) is 11.2. The number of anilines is 1. The van der Waals surface area contributed by atoms with Gasteiger partial charge in [-0.3, -0.25) is 10.1 Å². The standard InChI is InChI=1S/C13H15N3O2S/c17-16(18)13-3-1-12(2-4-13)15-7-6-14-9-11-5-8-19-10-11/h1-5,8,10,14-15H,6-7,9H2. The van der Waals surface area contributed by atoms with E-state index in [4.69, 9.17) is 0 Å². The largest absolute Gasteiger partial charge is 0.384 e. The molecule has 6 heteroatoms. The minimum absolute atomic E-state index is 0.112. The van der Waals surface area contributed by atoms with Crippen LogP contribution in [0.3, 0.4) is 0 Å². The molecule has 0 atom stereocenters. The van der Waals surface area contributed by atoms with Crippen LogP contribution in [0.25, 0.3) is 0 Å². The van der Waals surface area contributed by atoms with Gasteiger partial charge in [0.05, 0.1) is 4.92 Å². The first kappa shape index (κ1) is 13.5. The smallest absolute Gasteiger partial charge is 0.269 e. The molecule has 0 saturated heterocycles. The van der Waals surface area contributed by atoms with Crippen LogP contribution in [-0.4, -0.2) is 18.0 Å². The maximum absolute atomic E-state index is 10.5. The van der Waals surface area contributed by atoms with Crippen LogP contribution in [0.1, 0.15) is 5.56 Å². The third-order valence-corrected chi connectivity index (χ3v) is 3.35. The van der Waals surface area contributed by atoms with Gasteiger partial charge >= 0.3 is 0 Å². The minimum atomic E-state index is -0.397. The van der Waals surface area contributed by atoms with Gasteiger partial charge < -0.3 is 10.6 Å². The number of rotatable bonds is 7. The molecule has 0 saturated carbocycles. The zero-order chi connectivity index (χ0) is 13.5. The van der Waals surface area contributed by atoms with E-state index in [1.807, 2.05) is 0 Å². The number of benzene rings is 1. The van der Waals surface area contributed by atoms with Gasteiger partial charge in [0.15, 0.2) is 0 Å². The topological polar surface area (TPSA) is 67.2 Å². The molecular weight excluding hydrogens is 262 g/mol. The molecule has 1 aromatic carbocycles. The summed E-state index contributed by atoms with van der Waals surface area (Å²) in [5, 5.41) is 21.2. The predicted molar refractivity (Wildman–Crippen MR) is 77.6 cm³/mol. The number of nitro groups is 1. The second-order valence-corrected chi connectivity index (χ2v) is 4.82. The highest BCUT2D eigenvalue weighted by atomic mass is 32.1. The molecule has 0 aliphatic rings. The lowest BCUT2D eigenvalue weighted by atomic mass is 10.3. The Balaban J connectivity index is 1.66. The maximum Gasteiger partial charge on any atom is 0.269 e. The number of nitro benzene ring substituents is 1. The fourth-order valence-corrected chi connectivity index (χ4v) is 2.29. The third kappa shape index (κ3) is 4.35. The fraction of sp³-hybridized carbons (Fsp3) is 0.231. The van der Waals surface area contributed by atoms with Crippen molar-refractivity contribution in [3.05, 3.63) is 56.8 Å². The molecule has 19 heavy (non-hydrogen) atoms. The van der Waals surface area contributed by atoms with Crippen molar-refractivity contribution in [2.75, 3.05) is 18.4 Å². The molecule has 2 aromatic rings. The van der Waals surface area contributed by atoms with Crippen LogP contribution in [0.4, 0.5) is 11.4 Å². The summed E-state index contributed by atoms with van der Waals surface area (Å²) in [6.07, 6.45) is 0. The molecule has 1 heterocycles. The second-order valence-electron chi connectivity index (χ2n) is 4.04. The first-order chi connectivity index (χ1) is 9.25. The van der Waals surface area contributed by atoms with E-state index in [9.17, 15) is 10.1 Å². The van der Waals surface area contributed by atoms with E-state index in [1.54, 1.807) is 23.5 Å². The Hall–Kier alpha value is -1.92.